The highest BCUT2D eigenvalue weighted by Gasteiger charge is 2.10. The van der Waals surface area contributed by atoms with E-state index in [-0.39, 0.29) is 6.04 Å². The zero-order valence-electron chi connectivity index (χ0n) is 11.6. The molecule has 2 N–H and O–H groups in total. The molecule has 0 fully saturated rings. The Balaban J connectivity index is 2.01. The molecule has 1 atom stereocenters. The number of rotatable bonds is 4. The predicted molar refractivity (Wildman–Crippen MR) is 85.2 cm³/mol. The minimum absolute atomic E-state index is 0.0662. The van der Waals surface area contributed by atoms with Gasteiger partial charge in [0.05, 0.1) is 6.04 Å². The van der Waals surface area contributed by atoms with E-state index in [0.717, 1.165) is 24.1 Å². The van der Waals surface area contributed by atoms with Crippen molar-refractivity contribution in [1.29, 1.82) is 0 Å². The summed E-state index contributed by atoms with van der Waals surface area (Å²) >= 11 is 5.22. The number of anilines is 1. The van der Waals surface area contributed by atoms with Crippen molar-refractivity contribution in [1.82, 2.24) is 5.32 Å². The van der Waals surface area contributed by atoms with E-state index < -0.39 is 11.6 Å². The smallest absolute Gasteiger partial charge is 0.171 e. The van der Waals surface area contributed by atoms with E-state index in [1.807, 2.05) is 37.3 Å². The first-order chi connectivity index (χ1) is 10.1. The summed E-state index contributed by atoms with van der Waals surface area (Å²) in [6, 6.07) is 13.6. The molecule has 0 saturated carbocycles. The minimum atomic E-state index is -0.905. The van der Waals surface area contributed by atoms with Crippen molar-refractivity contribution in [2.45, 2.75) is 19.4 Å². The van der Waals surface area contributed by atoms with E-state index in [4.69, 9.17) is 12.2 Å². The summed E-state index contributed by atoms with van der Waals surface area (Å²) in [4.78, 5) is 0. The largest absolute Gasteiger partial charge is 0.356 e. The molecule has 0 radical (unpaired) electrons. The molecule has 0 aliphatic rings. The van der Waals surface area contributed by atoms with Gasteiger partial charge in [-0.15, -0.1) is 0 Å². The third-order valence-corrected chi connectivity index (χ3v) is 3.31. The fourth-order valence-electron chi connectivity index (χ4n) is 2.01. The Morgan fingerprint density at radius 1 is 1.10 bits per heavy atom. The highest BCUT2D eigenvalue weighted by atomic mass is 32.1. The van der Waals surface area contributed by atoms with Crippen LogP contribution in [0.1, 0.15) is 24.9 Å². The SMILES string of the molecule is CCC(NC(=S)Nc1ccc(F)c(F)c1)c1ccccc1. The molecular formula is C16H16F2N2S. The molecule has 2 aromatic carbocycles. The molecule has 2 rings (SSSR count). The molecule has 0 amide bonds. The van der Waals surface area contributed by atoms with Gasteiger partial charge in [-0.05, 0) is 36.3 Å². The van der Waals surface area contributed by atoms with Crippen molar-refractivity contribution in [2.24, 2.45) is 0 Å². The number of thiocarbonyl (C=S) groups is 1. The van der Waals surface area contributed by atoms with Crippen LogP contribution in [0.5, 0.6) is 0 Å². The van der Waals surface area contributed by atoms with E-state index >= 15 is 0 Å². The van der Waals surface area contributed by atoms with Crippen LogP contribution in [0.2, 0.25) is 0 Å². The van der Waals surface area contributed by atoms with Crippen LogP contribution in [0.3, 0.4) is 0 Å². The van der Waals surface area contributed by atoms with Crippen molar-refractivity contribution in [3.63, 3.8) is 0 Å². The molecule has 0 spiro atoms. The van der Waals surface area contributed by atoms with Crippen molar-refractivity contribution in [3.8, 4) is 0 Å². The van der Waals surface area contributed by atoms with Gasteiger partial charge in [0.1, 0.15) is 0 Å². The molecule has 110 valence electrons. The second-order valence-electron chi connectivity index (χ2n) is 4.60. The highest BCUT2D eigenvalue weighted by Crippen LogP contribution is 2.17. The summed E-state index contributed by atoms with van der Waals surface area (Å²) in [6.07, 6.45) is 0.851. The van der Waals surface area contributed by atoms with Crippen LogP contribution >= 0.6 is 12.2 Å². The number of hydrogen-bond acceptors (Lipinski definition) is 1. The number of halogens is 2. The van der Waals surface area contributed by atoms with Crippen molar-refractivity contribution >= 4 is 23.0 Å². The van der Waals surface area contributed by atoms with Crippen molar-refractivity contribution in [3.05, 3.63) is 65.7 Å². The normalized spacial score (nSPS) is 11.8. The summed E-state index contributed by atoms with van der Waals surface area (Å²) in [5, 5.41) is 6.40. The maximum absolute atomic E-state index is 13.1. The van der Waals surface area contributed by atoms with Gasteiger partial charge >= 0.3 is 0 Å². The summed E-state index contributed by atoms with van der Waals surface area (Å²) in [5.41, 5.74) is 1.53. The second kappa shape index (κ2) is 7.13. The maximum Gasteiger partial charge on any atom is 0.171 e. The van der Waals surface area contributed by atoms with Crippen LogP contribution in [0.15, 0.2) is 48.5 Å². The molecule has 0 saturated heterocycles. The van der Waals surface area contributed by atoms with Crippen LogP contribution in [-0.2, 0) is 0 Å². The van der Waals surface area contributed by atoms with Crippen LogP contribution in [0.25, 0.3) is 0 Å². The molecule has 0 aromatic heterocycles. The molecule has 0 aliphatic carbocycles. The molecule has 0 heterocycles. The first-order valence-electron chi connectivity index (χ1n) is 6.67. The van der Waals surface area contributed by atoms with E-state index in [1.165, 1.54) is 6.07 Å². The molecule has 0 aliphatic heterocycles. The highest BCUT2D eigenvalue weighted by molar-refractivity contribution is 7.80. The lowest BCUT2D eigenvalue weighted by Gasteiger charge is -2.20. The van der Waals surface area contributed by atoms with Gasteiger partial charge in [-0.25, -0.2) is 8.78 Å². The monoisotopic (exact) mass is 306 g/mol. The Bertz CT molecular complexity index is 617. The van der Waals surface area contributed by atoms with E-state index in [9.17, 15) is 8.78 Å². The lowest BCUT2D eigenvalue weighted by atomic mass is 10.1. The van der Waals surface area contributed by atoms with Gasteiger partial charge < -0.3 is 10.6 Å². The Morgan fingerprint density at radius 2 is 1.81 bits per heavy atom. The average Bonchev–Trinajstić information content (AvgIpc) is 2.49. The van der Waals surface area contributed by atoms with Crippen LogP contribution in [0, 0.1) is 11.6 Å². The number of nitrogens with one attached hydrogen (secondary N) is 2. The lowest BCUT2D eigenvalue weighted by molar-refractivity contribution is 0.509. The van der Waals surface area contributed by atoms with Gasteiger partial charge in [0.2, 0.25) is 0 Å². The quantitative estimate of drug-likeness (QED) is 0.819. The average molecular weight is 306 g/mol. The molecular weight excluding hydrogens is 290 g/mol. The van der Waals surface area contributed by atoms with Gasteiger partial charge in [-0.1, -0.05) is 37.3 Å². The molecule has 21 heavy (non-hydrogen) atoms. The van der Waals surface area contributed by atoms with Crippen molar-refractivity contribution in [2.75, 3.05) is 5.32 Å². The van der Waals surface area contributed by atoms with Gasteiger partial charge in [-0.2, -0.15) is 0 Å². The third-order valence-electron chi connectivity index (χ3n) is 3.09. The molecule has 5 heteroatoms. The van der Waals surface area contributed by atoms with Gasteiger partial charge in [0.15, 0.2) is 16.7 Å². The minimum Gasteiger partial charge on any atom is -0.356 e. The van der Waals surface area contributed by atoms with Crippen molar-refractivity contribution < 1.29 is 8.78 Å². The van der Waals surface area contributed by atoms with E-state index in [2.05, 4.69) is 10.6 Å². The third kappa shape index (κ3) is 4.23. The summed E-state index contributed by atoms with van der Waals surface area (Å²) < 4.78 is 26.0. The molecule has 2 aromatic rings. The summed E-state index contributed by atoms with van der Waals surface area (Å²) in [7, 11) is 0. The Hall–Kier alpha value is -2.01. The number of hydrogen-bond donors (Lipinski definition) is 2. The first-order valence-corrected chi connectivity index (χ1v) is 7.08. The van der Waals surface area contributed by atoms with E-state index in [1.54, 1.807) is 0 Å². The van der Waals surface area contributed by atoms with Crippen LogP contribution in [0.4, 0.5) is 14.5 Å². The van der Waals surface area contributed by atoms with Gasteiger partial charge in [0.25, 0.3) is 0 Å². The van der Waals surface area contributed by atoms with E-state index in [0.29, 0.717) is 10.8 Å². The summed E-state index contributed by atoms with van der Waals surface area (Å²) in [5.74, 6) is -1.78. The Morgan fingerprint density at radius 3 is 2.43 bits per heavy atom. The Labute approximate surface area is 128 Å². The Kier molecular flexibility index (Phi) is 5.22. The zero-order valence-corrected chi connectivity index (χ0v) is 12.4. The van der Waals surface area contributed by atoms with Crippen LogP contribution < -0.4 is 10.6 Å². The fourth-order valence-corrected chi connectivity index (χ4v) is 2.27. The molecule has 0 bridgehead atoms. The maximum atomic E-state index is 13.1. The topological polar surface area (TPSA) is 24.1 Å². The molecule has 2 nitrogen and oxygen atoms in total. The first kappa shape index (κ1) is 15.4. The zero-order chi connectivity index (χ0) is 15.2. The second-order valence-corrected chi connectivity index (χ2v) is 5.01. The van der Waals surface area contributed by atoms with Crippen LogP contribution in [-0.4, -0.2) is 5.11 Å². The fraction of sp³-hybridized carbons (Fsp3) is 0.188. The molecule has 1 unspecified atom stereocenters. The van der Waals surface area contributed by atoms with Gasteiger partial charge in [-0.3, -0.25) is 0 Å². The number of benzene rings is 2. The van der Waals surface area contributed by atoms with Gasteiger partial charge in [0, 0.05) is 11.8 Å². The lowest BCUT2D eigenvalue weighted by Crippen LogP contribution is -2.32. The summed E-state index contributed by atoms with van der Waals surface area (Å²) in [6.45, 7) is 2.05. The predicted octanol–water partition coefficient (Wildman–Crippen LogP) is 4.40. The standard InChI is InChI=1S/C16H16F2N2S/c1-2-15(11-6-4-3-5-7-11)20-16(21)19-12-8-9-13(17)14(18)10-12/h3-10,15H,2H2,1H3,(H2,19,20,21).